The standard InChI is InChI=1S/C27H28FN5O2/c1-3-17-14-20(18-8-9-18)22(24-30-26(35-2)32-31-24)15-21(17)25(34)33-12-10-27(28,11-13-33)23-7-5-4-6-19(23)16-29/h4-7,14-15,18H,3,8-13H2,1-2H3,(H,30,31,32). The number of rotatable bonds is 6. The number of amides is 1. The molecule has 2 aromatic carbocycles. The van der Waals surface area contributed by atoms with Gasteiger partial charge in [0, 0.05) is 42.6 Å². The van der Waals surface area contributed by atoms with Gasteiger partial charge in [-0.1, -0.05) is 36.3 Å². The van der Waals surface area contributed by atoms with Crippen molar-refractivity contribution in [2.45, 2.75) is 50.6 Å². The van der Waals surface area contributed by atoms with Gasteiger partial charge in [-0.15, -0.1) is 5.10 Å². The molecule has 1 aliphatic carbocycles. The highest BCUT2D eigenvalue weighted by Gasteiger charge is 2.39. The normalized spacial score (nSPS) is 17.1. The minimum absolute atomic E-state index is 0.104. The molecule has 0 bridgehead atoms. The summed E-state index contributed by atoms with van der Waals surface area (Å²) in [4.78, 5) is 18.5. The van der Waals surface area contributed by atoms with Crippen LogP contribution in [-0.4, -0.2) is 46.2 Å². The number of nitrogens with one attached hydrogen (secondary N) is 1. The lowest BCUT2D eigenvalue weighted by Gasteiger charge is -2.37. The number of carbonyl (C=O) groups is 1. The van der Waals surface area contributed by atoms with Crippen LogP contribution >= 0.6 is 0 Å². The maximum Gasteiger partial charge on any atom is 0.314 e. The molecule has 2 heterocycles. The molecule has 8 heteroatoms. The third-order valence-corrected chi connectivity index (χ3v) is 7.19. The molecule has 180 valence electrons. The summed E-state index contributed by atoms with van der Waals surface area (Å²) in [6, 6.07) is 13.3. The Morgan fingerprint density at radius 1 is 1.26 bits per heavy atom. The monoisotopic (exact) mass is 473 g/mol. The third-order valence-electron chi connectivity index (χ3n) is 7.19. The molecular weight excluding hydrogens is 445 g/mol. The van der Waals surface area contributed by atoms with Crippen LogP contribution in [0.15, 0.2) is 36.4 Å². The number of alkyl halides is 1. The van der Waals surface area contributed by atoms with E-state index in [1.165, 1.54) is 12.7 Å². The third kappa shape index (κ3) is 4.27. The van der Waals surface area contributed by atoms with E-state index in [1.54, 1.807) is 29.2 Å². The van der Waals surface area contributed by atoms with Gasteiger partial charge in [-0.2, -0.15) is 5.26 Å². The first-order chi connectivity index (χ1) is 17.0. The number of hydrogen-bond donors (Lipinski definition) is 1. The van der Waals surface area contributed by atoms with Gasteiger partial charge < -0.3 is 9.64 Å². The summed E-state index contributed by atoms with van der Waals surface area (Å²) in [6.45, 7) is 2.61. The number of ether oxygens (including phenoxy) is 1. The molecule has 35 heavy (non-hydrogen) atoms. The number of likely N-dealkylation sites (tertiary alicyclic amines) is 1. The minimum atomic E-state index is -1.62. The fourth-order valence-corrected chi connectivity index (χ4v) is 5.03. The first kappa shape index (κ1) is 23.0. The molecule has 0 spiro atoms. The van der Waals surface area contributed by atoms with Crippen molar-refractivity contribution in [3.8, 4) is 23.5 Å². The number of nitriles is 1. The van der Waals surface area contributed by atoms with E-state index in [0.29, 0.717) is 34.4 Å². The number of H-pyrrole nitrogens is 1. The molecule has 1 amide bonds. The Kier molecular flexibility index (Phi) is 6.01. The van der Waals surface area contributed by atoms with E-state index in [9.17, 15) is 10.1 Å². The van der Waals surface area contributed by atoms with Crippen molar-refractivity contribution in [2.75, 3.05) is 20.2 Å². The fourth-order valence-electron chi connectivity index (χ4n) is 5.03. The summed E-state index contributed by atoms with van der Waals surface area (Å²) in [5.74, 6) is 0.931. The highest BCUT2D eigenvalue weighted by atomic mass is 19.1. The number of benzene rings is 2. The van der Waals surface area contributed by atoms with Crippen molar-refractivity contribution in [1.82, 2.24) is 20.1 Å². The van der Waals surface area contributed by atoms with Gasteiger partial charge in [-0.3, -0.25) is 9.78 Å². The molecule has 0 radical (unpaired) electrons. The van der Waals surface area contributed by atoms with E-state index in [2.05, 4.69) is 27.3 Å². The lowest BCUT2D eigenvalue weighted by molar-refractivity contribution is 0.0419. The molecule has 0 atom stereocenters. The molecule has 2 fully saturated rings. The van der Waals surface area contributed by atoms with Crippen LogP contribution in [-0.2, 0) is 12.1 Å². The van der Waals surface area contributed by atoms with Crippen molar-refractivity contribution in [1.29, 1.82) is 5.26 Å². The highest BCUT2D eigenvalue weighted by molar-refractivity contribution is 5.97. The zero-order valence-corrected chi connectivity index (χ0v) is 20.0. The van der Waals surface area contributed by atoms with Gasteiger partial charge in [-0.25, -0.2) is 4.39 Å². The molecule has 7 nitrogen and oxygen atoms in total. The number of piperidine rings is 1. The Morgan fingerprint density at radius 2 is 2.00 bits per heavy atom. The number of aromatic amines is 1. The summed E-state index contributed by atoms with van der Waals surface area (Å²) >= 11 is 0. The van der Waals surface area contributed by atoms with E-state index in [-0.39, 0.29) is 31.8 Å². The number of methoxy groups -OCH3 is 1. The summed E-state index contributed by atoms with van der Waals surface area (Å²) < 4.78 is 21.0. The van der Waals surface area contributed by atoms with Gasteiger partial charge in [0.1, 0.15) is 5.67 Å². The molecule has 3 aromatic rings. The van der Waals surface area contributed by atoms with E-state index < -0.39 is 5.67 Å². The van der Waals surface area contributed by atoms with Crippen molar-refractivity contribution in [3.05, 3.63) is 64.2 Å². The molecule has 1 saturated heterocycles. The van der Waals surface area contributed by atoms with Crippen LogP contribution in [0.25, 0.3) is 11.4 Å². The molecular formula is C27H28FN5O2. The van der Waals surface area contributed by atoms with Crippen molar-refractivity contribution in [3.63, 3.8) is 0 Å². The average Bonchev–Trinajstić information content (AvgIpc) is 3.64. The van der Waals surface area contributed by atoms with Crippen LogP contribution in [0, 0.1) is 11.3 Å². The second-order valence-corrected chi connectivity index (χ2v) is 9.32. The van der Waals surface area contributed by atoms with Gasteiger partial charge in [0.2, 0.25) is 0 Å². The first-order valence-corrected chi connectivity index (χ1v) is 12.1. The SMILES string of the molecule is CCc1cc(C2CC2)c(-c2nnc(OC)[nH]2)cc1C(=O)N1CCC(F)(c2ccccc2C#N)CC1. The number of halogens is 1. The summed E-state index contributed by atoms with van der Waals surface area (Å²) in [7, 11) is 1.53. The Labute approximate surface area is 203 Å². The van der Waals surface area contributed by atoms with Gasteiger partial charge in [-0.05, 0) is 48.4 Å². The molecule has 1 N–H and O–H groups in total. The van der Waals surface area contributed by atoms with Gasteiger partial charge in [0.25, 0.3) is 5.91 Å². The maximum absolute atomic E-state index is 15.9. The van der Waals surface area contributed by atoms with Crippen LogP contribution < -0.4 is 4.74 Å². The van der Waals surface area contributed by atoms with Crippen LogP contribution in [0.4, 0.5) is 4.39 Å². The summed E-state index contributed by atoms with van der Waals surface area (Å²) in [5.41, 5.74) is 2.79. The van der Waals surface area contributed by atoms with Gasteiger partial charge >= 0.3 is 6.01 Å². The summed E-state index contributed by atoms with van der Waals surface area (Å²) in [6.07, 6.45) is 3.26. The zero-order chi connectivity index (χ0) is 24.6. The van der Waals surface area contributed by atoms with Crippen LogP contribution in [0.3, 0.4) is 0 Å². The van der Waals surface area contributed by atoms with Crippen LogP contribution in [0.2, 0.25) is 0 Å². The fraction of sp³-hybridized carbons (Fsp3) is 0.407. The Balaban J connectivity index is 1.43. The average molecular weight is 474 g/mol. The van der Waals surface area contributed by atoms with Crippen molar-refractivity contribution < 1.29 is 13.9 Å². The van der Waals surface area contributed by atoms with Gasteiger partial charge in [0.05, 0.1) is 18.7 Å². The number of carbonyl (C=O) groups excluding carboxylic acids is 1. The zero-order valence-electron chi connectivity index (χ0n) is 20.0. The van der Waals surface area contributed by atoms with Gasteiger partial charge in [0.15, 0.2) is 5.82 Å². The molecule has 2 aliphatic rings. The highest BCUT2D eigenvalue weighted by Crippen LogP contribution is 2.45. The Morgan fingerprint density at radius 3 is 2.63 bits per heavy atom. The number of nitrogens with zero attached hydrogens (tertiary/aromatic N) is 4. The smallest absolute Gasteiger partial charge is 0.314 e. The molecule has 5 rings (SSSR count). The molecule has 1 aliphatic heterocycles. The quantitative estimate of drug-likeness (QED) is 0.550. The molecule has 1 saturated carbocycles. The van der Waals surface area contributed by atoms with E-state index in [4.69, 9.17) is 4.74 Å². The Bertz CT molecular complexity index is 1300. The predicted molar refractivity (Wildman–Crippen MR) is 129 cm³/mol. The Hall–Kier alpha value is -3.73. The molecule has 1 aromatic heterocycles. The minimum Gasteiger partial charge on any atom is -0.467 e. The van der Waals surface area contributed by atoms with E-state index in [0.717, 1.165) is 30.4 Å². The van der Waals surface area contributed by atoms with Crippen molar-refractivity contribution >= 4 is 5.91 Å². The van der Waals surface area contributed by atoms with E-state index in [1.807, 2.05) is 13.0 Å². The first-order valence-electron chi connectivity index (χ1n) is 12.1. The number of hydrogen-bond acceptors (Lipinski definition) is 5. The lowest BCUT2D eigenvalue weighted by atomic mass is 9.83. The maximum atomic E-state index is 15.9. The topological polar surface area (TPSA) is 94.9 Å². The lowest BCUT2D eigenvalue weighted by Crippen LogP contribution is -2.43. The summed E-state index contributed by atoms with van der Waals surface area (Å²) in [5, 5.41) is 17.7. The second-order valence-electron chi connectivity index (χ2n) is 9.32. The van der Waals surface area contributed by atoms with E-state index >= 15 is 4.39 Å². The number of aromatic nitrogens is 3. The van der Waals surface area contributed by atoms with Crippen molar-refractivity contribution in [2.24, 2.45) is 0 Å². The largest absolute Gasteiger partial charge is 0.467 e. The van der Waals surface area contributed by atoms with Crippen LogP contribution in [0.5, 0.6) is 6.01 Å². The predicted octanol–water partition coefficient (Wildman–Crippen LogP) is 4.89. The second kappa shape index (κ2) is 9.14. The number of aryl methyl sites for hydroxylation is 1. The van der Waals surface area contributed by atoms with Crippen LogP contribution in [0.1, 0.15) is 71.1 Å². The molecule has 0 unspecified atom stereocenters.